The molecule has 0 aliphatic carbocycles. The first-order valence-electron chi connectivity index (χ1n) is 6.53. The van der Waals surface area contributed by atoms with E-state index in [0.717, 1.165) is 37.8 Å². The fourth-order valence-corrected chi connectivity index (χ4v) is 2.42. The summed E-state index contributed by atoms with van der Waals surface area (Å²) in [6, 6.07) is 0. The van der Waals surface area contributed by atoms with Crippen molar-refractivity contribution in [2.45, 2.75) is 19.6 Å². The SMILES string of the molecule is Cc1cnc([C@@H]2CN(Cc3cnn(C)c3)CCO2)[nH]1. The van der Waals surface area contributed by atoms with E-state index in [1.54, 1.807) is 0 Å². The average Bonchev–Trinajstić information content (AvgIpc) is 2.99. The van der Waals surface area contributed by atoms with Crippen molar-refractivity contribution in [1.29, 1.82) is 0 Å². The maximum absolute atomic E-state index is 5.79. The lowest BCUT2D eigenvalue weighted by Crippen LogP contribution is -2.38. The number of nitrogens with one attached hydrogen (secondary N) is 1. The normalized spacial score (nSPS) is 20.8. The molecule has 102 valence electrons. The zero-order valence-corrected chi connectivity index (χ0v) is 11.3. The van der Waals surface area contributed by atoms with Crippen LogP contribution in [0, 0.1) is 6.92 Å². The van der Waals surface area contributed by atoms with E-state index >= 15 is 0 Å². The number of aromatic amines is 1. The van der Waals surface area contributed by atoms with E-state index < -0.39 is 0 Å². The number of morpholine rings is 1. The molecular weight excluding hydrogens is 242 g/mol. The van der Waals surface area contributed by atoms with E-state index in [9.17, 15) is 0 Å². The third-order valence-corrected chi connectivity index (χ3v) is 3.34. The Morgan fingerprint density at radius 3 is 3.05 bits per heavy atom. The second kappa shape index (κ2) is 5.14. The second-order valence-electron chi connectivity index (χ2n) is 5.07. The predicted molar refractivity (Wildman–Crippen MR) is 70.5 cm³/mol. The van der Waals surface area contributed by atoms with Crippen molar-refractivity contribution in [2.75, 3.05) is 19.7 Å². The Kier molecular flexibility index (Phi) is 3.35. The van der Waals surface area contributed by atoms with Gasteiger partial charge < -0.3 is 9.72 Å². The van der Waals surface area contributed by atoms with Crippen LogP contribution >= 0.6 is 0 Å². The third kappa shape index (κ3) is 2.85. The van der Waals surface area contributed by atoms with Crippen LogP contribution < -0.4 is 0 Å². The Morgan fingerprint density at radius 2 is 2.37 bits per heavy atom. The van der Waals surface area contributed by atoms with Gasteiger partial charge in [0.15, 0.2) is 0 Å². The predicted octanol–water partition coefficient (Wildman–Crippen LogP) is 1.03. The summed E-state index contributed by atoms with van der Waals surface area (Å²) >= 11 is 0. The van der Waals surface area contributed by atoms with Crippen LogP contribution in [0.2, 0.25) is 0 Å². The molecule has 0 bridgehead atoms. The van der Waals surface area contributed by atoms with E-state index in [0.29, 0.717) is 0 Å². The van der Waals surface area contributed by atoms with Crippen molar-refractivity contribution >= 4 is 0 Å². The summed E-state index contributed by atoms with van der Waals surface area (Å²) in [7, 11) is 1.94. The van der Waals surface area contributed by atoms with Crippen molar-refractivity contribution in [3.63, 3.8) is 0 Å². The van der Waals surface area contributed by atoms with Gasteiger partial charge >= 0.3 is 0 Å². The van der Waals surface area contributed by atoms with Gasteiger partial charge in [-0.3, -0.25) is 9.58 Å². The molecule has 0 saturated carbocycles. The zero-order chi connectivity index (χ0) is 13.2. The topological polar surface area (TPSA) is 59.0 Å². The molecule has 0 spiro atoms. The van der Waals surface area contributed by atoms with E-state index in [2.05, 4.69) is 26.2 Å². The molecular formula is C13H19N5O. The van der Waals surface area contributed by atoms with Gasteiger partial charge in [-0.15, -0.1) is 0 Å². The third-order valence-electron chi connectivity index (χ3n) is 3.34. The molecule has 19 heavy (non-hydrogen) atoms. The fourth-order valence-electron chi connectivity index (χ4n) is 2.42. The number of nitrogens with zero attached hydrogens (tertiary/aromatic N) is 4. The number of imidazole rings is 1. The maximum atomic E-state index is 5.79. The summed E-state index contributed by atoms with van der Waals surface area (Å²) in [5.74, 6) is 0.924. The highest BCUT2D eigenvalue weighted by Crippen LogP contribution is 2.20. The summed E-state index contributed by atoms with van der Waals surface area (Å²) < 4.78 is 7.63. The molecule has 1 N–H and O–H groups in total. The number of aryl methyl sites for hydroxylation is 2. The van der Waals surface area contributed by atoms with E-state index in [1.165, 1.54) is 5.56 Å². The van der Waals surface area contributed by atoms with Crippen molar-refractivity contribution < 1.29 is 4.74 Å². The molecule has 0 unspecified atom stereocenters. The molecule has 0 radical (unpaired) electrons. The van der Waals surface area contributed by atoms with Gasteiger partial charge in [0.05, 0.1) is 12.8 Å². The minimum atomic E-state index is 0.0409. The Hall–Kier alpha value is -1.66. The molecule has 1 atom stereocenters. The molecule has 6 nitrogen and oxygen atoms in total. The molecule has 0 amide bonds. The Balaban J connectivity index is 1.64. The van der Waals surface area contributed by atoms with Crippen molar-refractivity contribution in [3.8, 4) is 0 Å². The van der Waals surface area contributed by atoms with E-state index in [1.807, 2.05) is 31.0 Å². The summed E-state index contributed by atoms with van der Waals surface area (Å²) in [6.45, 7) is 5.47. The van der Waals surface area contributed by atoms with Crippen LogP contribution in [-0.4, -0.2) is 44.3 Å². The van der Waals surface area contributed by atoms with Gasteiger partial charge in [-0.25, -0.2) is 4.98 Å². The quantitative estimate of drug-likeness (QED) is 0.896. The number of rotatable bonds is 3. The van der Waals surface area contributed by atoms with Gasteiger partial charge in [0.25, 0.3) is 0 Å². The number of ether oxygens (including phenoxy) is 1. The number of hydrogen-bond acceptors (Lipinski definition) is 4. The van der Waals surface area contributed by atoms with E-state index in [-0.39, 0.29) is 6.10 Å². The lowest BCUT2D eigenvalue weighted by molar-refractivity contribution is -0.0368. The summed E-state index contributed by atoms with van der Waals surface area (Å²) in [5, 5.41) is 4.20. The van der Waals surface area contributed by atoms with Crippen LogP contribution in [0.25, 0.3) is 0 Å². The molecule has 1 aliphatic heterocycles. The zero-order valence-electron chi connectivity index (χ0n) is 11.3. The Morgan fingerprint density at radius 1 is 1.47 bits per heavy atom. The largest absolute Gasteiger partial charge is 0.368 e. The van der Waals surface area contributed by atoms with Crippen molar-refractivity contribution in [1.82, 2.24) is 24.6 Å². The lowest BCUT2D eigenvalue weighted by Gasteiger charge is -2.31. The van der Waals surface area contributed by atoms with Gasteiger partial charge in [0.1, 0.15) is 11.9 Å². The highest BCUT2D eigenvalue weighted by molar-refractivity contribution is 5.05. The fraction of sp³-hybridized carbons (Fsp3) is 0.538. The Labute approximate surface area is 112 Å². The van der Waals surface area contributed by atoms with Crippen molar-refractivity contribution in [3.05, 3.63) is 35.7 Å². The minimum absolute atomic E-state index is 0.0409. The van der Waals surface area contributed by atoms with Gasteiger partial charge in [0.2, 0.25) is 0 Å². The van der Waals surface area contributed by atoms with Gasteiger partial charge in [-0.2, -0.15) is 5.10 Å². The second-order valence-corrected chi connectivity index (χ2v) is 5.07. The van der Waals surface area contributed by atoms with Gasteiger partial charge in [-0.1, -0.05) is 0 Å². The molecule has 0 aromatic carbocycles. The molecule has 2 aromatic rings. The van der Waals surface area contributed by atoms with Crippen LogP contribution in [0.4, 0.5) is 0 Å². The number of hydrogen-bond donors (Lipinski definition) is 1. The highest BCUT2D eigenvalue weighted by Gasteiger charge is 2.24. The molecule has 6 heteroatoms. The monoisotopic (exact) mass is 261 g/mol. The lowest BCUT2D eigenvalue weighted by atomic mass is 10.2. The van der Waals surface area contributed by atoms with Crippen LogP contribution in [0.3, 0.4) is 0 Å². The van der Waals surface area contributed by atoms with Crippen LogP contribution in [0.1, 0.15) is 23.2 Å². The van der Waals surface area contributed by atoms with E-state index in [4.69, 9.17) is 4.74 Å². The first kappa shape index (κ1) is 12.4. The van der Waals surface area contributed by atoms with Crippen LogP contribution in [-0.2, 0) is 18.3 Å². The maximum Gasteiger partial charge on any atom is 0.136 e. The smallest absolute Gasteiger partial charge is 0.136 e. The molecule has 3 rings (SSSR count). The highest BCUT2D eigenvalue weighted by atomic mass is 16.5. The summed E-state index contributed by atoms with van der Waals surface area (Å²) in [4.78, 5) is 9.99. The first-order valence-corrected chi connectivity index (χ1v) is 6.53. The minimum Gasteiger partial charge on any atom is -0.368 e. The van der Waals surface area contributed by atoms with Gasteiger partial charge in [-0.05, 0) is 6.92 Å². The first-order chi connectivity index (χ1) is 9.20. The van der Waals surface area contributed by atoms with Gasteiger partial charge in [0, 0.05) is 50.3 Å². The number of aromatic nitrogens is 4. The van der Waals surface area contributed by atoms with Crippen LogP contribution in [0.15, 0.2) is 18.6 Å². The molecule has 3 heterocycles. The molecule has 2 aromatic heterocycles. The number of H-pyrrole nitrogens is 1. The summed E-state index contributed by atoms with van der Waals surface area (Å²) in [5.41, 5.74) is 2.31. The van der Waals surface area contributed by atoms with Crippen molar-refractivity contribution in [2.24, 2.45) is 7.05 Å². The molecule has 1 fully saturated rings. The molecule has 1 saturated heterocycles. The summed E-state index contributed by atoms with van der Waals surface area (Å²) in [6.07, 6.45) is 5.86. The average molecular weight is 261 g/mol. The van der Waals surface area contributed by atoms with Crippen LogP contribution in [0.5, 0.6) is 0 Å². The standard InChI is InChI=1S/C13H19N5O/c1-10-5-14-13(16-10)12-9-18(3-4-19-12)8-11-6-15-17(2)7-11/h5-7,12H,3-4,8-9H2,1-2H3,(H,14,16)/t12-/m0/s1. The molecule has 1 aliphatic rings. The Bertz CT molecular complexity index is 547.